The van der Waals surface area contributed by atoms with Crippen LogP contribution in [0.25, 0.3) is 0 Å². The van der Waals surface area contributed by atoms with Crippen LogP contribution in [0, 0.1) is 5.92 Å². The Balaban J connectivity index is 1.36. The minimum atomic E-state index is 0.389. The molecular weight excluding hydrogens is 300 g/mol. The summed E-state index contributed by atoms with van der Waals surface area (Å²) in [5, 5.41) is 4.38. The van der Waals surface area contributed by atoms with Crippen LogP contribution in [0.4, 0.5) is 0 Å². The molecule has 1 aromatic rings. The summed E-state index contributed by atoms with van der Waals surface area (Å²) < 4.78 is 7.85. The van der Waals surface area contributed by atoms with Gasteiger partial charge >= 0.3 is 0 Å². The first kappa shape index (κ1) is 17.9. The number of hydrogen-bond acceptors (Lipinski definition) is 4. The van der Waals surface area contributed by atoms with Crippen molar-refractivity contribution in [3.63, 3.8) is 0 Å². The predicted molar refractivity (Wildman–Crippen MR) is 97.0 cm³/mol. The Morgan fingerprint density at radius 3 is 2.46 bits per heavy atom. The maximum Gasteiger partial charge on any atom is 0.0678 e. The van der Waals surface area contributed by atoms with Gasteiger partial charge in [-0.2, -0.15) is 5.10 Å². The molecule has 24 heavy (non-hydrogen) atoms. The summed E-state index contributed by atoms with van der Waals surface area (Å²) in [7, 11) is 0. The van der Waals surface area contributed by atoms with E-state index in [4.69, 9.17) is 4.74 Å². The van der Waals surface area contributed by atoms with Crippen LogP contribution in [0.3, 0.4) is 0 Å². The molecule has 0 bridgehead atoms. The molecular formula is C19H34N4O. The fourth-order valence-corrected chi connectivity index (χ4v) is 4.18. The van der Waals surface area contributed by atoms with E-state index >= 15 is 0 Å². The molecule has 2 aliphatic heterocycles. The third-order valence-electron chi connectivity index (χ3n) is 5.47. The smallest absolute Gasteiger partial charge is 0.0678 e. The third kappa shape index (κ3) is 5.04. The number of aryl methyl sites for hydroxylation is 1. The lowest BCUT2D eigenvalue weighted by atomic mass is 9.93. The topological polar surface area (TPSA) is 33.5 Å². The highest BCUT2D eigenvalue weighted by Gasteiger charge is 2.24. The number of aromatic nitrogens is 2. The van der Waals surface area contributed by atoms with E-state index in [9.17, 15) is 0 Å². The van der Waals surface area contributed by atoms with Crippen molar-refractivity contribution >= 4 is 0 Å². The molecule has 3 heterocycles. The summed E-state index contributed by atoms with van der Waals surface area (Å²) in [6, 6.07) is 0. The van der Waals surface area contributed by atoms with E-state index in [0.29, 0.717) is 12.2 Å². The van der Waals surface area contributed by atoms with Gasteiger partial charge in [0.1, 0.15) is 0 Å². The normalized spacial score (nSPS) is 27.6. The predicted octanol–water partition coefficient (Wildman–Crippen LogP) is 2.61. The van der Waals surface area contributed by atoms with Crippen molar-refractivity contribution in [1.82, 2.24) is 19.6 Å². The molecule has 0 amide bonds. The number of piperidine rings is 1. The van der Waals surface area contributed by atoms with E-state index in [-0.39, 0.29) is 0 Å². The van der Waals surface area contributed by atoms with Crippen LogP contribution in [-0.4, -0.2) is 64.5 Å². The first-order valence-corrected chi connectivity index (χ1v) is 9.74. The second-order valence-corrected chi connectivity index (χ2v) is 7.73. The average molecular weight is 335 g/mol. The van der Waals surface area contributed by atoms with Gasteiger partial charge in [0, 0.05) is 37.9 Å². The highest BCUT2D eigenvalue weighted by molar-refractivity contribution is 5.03. The van der Waals surface area contributed by atoms with Gasteiger partial charge in [0.25, 0.3) is 0 Å². The minimum Gasteiger partial charge on any atom is -0.373 e. The summed E-state index contributed by atoms with van der Waals surface area (Å²) >= 11 is 0. The Bertz CT molecular complexity index is 485. The molecule has 0 N–H and O–H groups in total. The number of rotatable bonds is 6. The number of likely N-dealkylation sites (tertiary alicyclic amines) is 1. The zero-order chi connectivity index (χ0) is 16.9. The van der Waals surface area contributed by atoms with E-state index in [0.717, 1.165) is 32.1 Å². The van der Waals surface area contributed by atoms with Gasteiger partial charge < -0.3 is 4.74 Å². The van der Waals surface area contributed by atoms with Crippen LogP contribution >= 0.6 is 0 Å². The van der Waals surface area contributed by atoms with Crippen molar-refractivity contribution in [3.05, 3.63) is 18.0 Å². The molecule has 0 aromatic carbocycles. The Morgan fingerprint density at radius 2 is 1.83 bits per heavy atom. The lowest BCUT2D eigenvalue weighted by Crippen LogP contribution is -2.46. The van der Waals surface area contributed by atoms with Crippen LogP contribution in [0.5, 0.6) is 0 Å². The molecule has 5 heteroatoms. The zero-order valence-electron chi connectivity index (χ0n) is 15.7. The van der Waals surface area contributed by atoms with Crippen molar-refractivity contribution in [2.75, 3.05) is 32.7 Å². The highest BCUT2D eigenvalue weighted by Crippen LogP contribution is 2.23. The van der Waals surface area contributed by atoms with Crippen LogP contribution in [-0.2, 0) is 17.8 Å². The standard InChI is InChI=1S/C19H34N4O/c1-4-23-15-19(11-20-23)14-21-8-5-18(6-9-21)7-10-22-12-16(2)24-17(3)13-22/h11,15-18H,4-10,12-14H2,1-3H3/t16-,17-/m1/s1. The highest BCUT2D eigenvalue weighted by atomic mass is 16.5. The van der Waals surface area contributed by atoms with Crippen LogP contribution in [0.1, 0.15) is 45.6 Å². The van der Waals surface area contributed by atoms with E-state index in [1.807, 2.05) is 10.9 Å². The quantitative estimate of drug-likeness (QED) is 0.801. The second kappa shape index (κ2) is 8.45. The van der Waals surface area contributed by atoms with Gasteiger partial charge in [0.2, 0.25) is 0 Å². The molecule has 2 aliphatic rings. The maximum atomic E-state index is 5.83. The zero-order valence-corrected chi connectivity index (χ0v) is 15.7. The fraction of sp³-hybridized carbons (Fsp3) is 0.842. The summed E-state index contributed by atoms with van der Waals surface area (Å²) in [6.07, 6.45) is 9.03. The lowest BCUT2D eigenvalue weighted by Gasteiger charge is -2.37. The van der Waals surface area contributed by atoms with Crippen LogP contribution < -0.4 is 0 Å². The van der Waals surface area contributed by atoms with Crippen LogP contribution in [0.15, 0.2) is 12.4 Å². The molecule has 0 unspecified atom stereocenters. The Morgan fingerprint density at radius 1 is 1.12 bits per heavy atom. The van der Waals surface area contributed by atoms with Crippen molar-refractivity contribution in [2.45, 2.75) is 65.3 Å². The number of nitrogens with zero attached hydrogens (tertiary/aromatic N) is 4. The first-order chi connectivity index (χ1) is 11.6. The Labute approximate surface area is 146 Å². The summed E-state index contributed by atoms with van der Waals surface area (Å²) in [5.74, 6) is 0.896. The summed E-state index contributed by atoms with van der Waals surface area (Å²) in [4.78, 5) is 5.19. The largest absolute Gasteiger partial charge is 0.373 e. The van der Waals surface area contributed by atoms with Gasteiger partial charge in [-0.3, -0.25) is 14.5 Å². The van der Waals surface area contributed by atoms with Crippen molar-refractivity contribution < 1.29 is 4.74 Å². The molecule has 2 atom stereocenters. The van der Waals surface area contributed by atoms with Crippen molar-refractivity contribution in [1.29, 1.82) is 0 Å². The van der Waals surface area contributed by atoms with Gasteiger partial charge in [0.05, 0.1) is 18.4 Å². The summed E-state index contributed by atoms with van der Waals surface area (Å²) in [6.45, 7) is 14.5. The molecule has 1 aromatic heterocycles. The maximum absolute atomic E-state index is 5.83. The van der Waals surface area contributed by atoms with Crippen molar-refractivity contribution in [3.8, 4) is 0 Å². The van der Waals surface area contributed by atoms with Crippen molar-refractivity contribution in [2.24, 2.45) is 5.92 Å². The monoisotopic (exact) mass is 334 g/mol. The van der Waals surface area contributed by atoms with Gasteiger partial charge in [0.15, 0.2) is 0 Å². The third-order valence-corrected chi connectivity index (χ3v) is 5.47. The first-order valence-electron chi connectivity index (χ1n) is 9.74. The van der Waals surface area contributed by atoms with E-state index in [1.54, 1.807) is 0 Å². The Hall–Kier alpha value is -0.910. The second-order valence-electron chi connectivity index (χ2n) is 7.73. The van der Waals surface area contributed by atoms with Gasteiger partial charge in [-0.25, -0.2) is 0 Å². The molecule has 0 radical (unpaired) electrons. The number of morpholine rings is 1. The average Bonchev–Trinajstić information content (AvgIpc) is 3.01. The molecule has 136 valence electrons. The Kier molecular flexibility index (Phi) is 6.31. The van der Waals surface area contributed by atoms with Gasteiger partial charge in [-0.15, -0.1) is 0 Å². The molecule has 2 fully saturated rings. The number of hydrogen-bond donors (Lipinski definition) is 0. The van der Waals surface area contributed by atoms with Crippen LogP contribution in [0.2, 0.25) is 0 Å². The molecule has 2 saturated heterocycles. The number of ether oxygens (including phenoxy) is 1. The lowest BCUT2D eigenvalue weighted by molar-refractivity contribution is -0.0693. The van der Waals surface area contributed by atoms with E-state index in [1.165, 1.54) is 44.5 Å². The van der Waals surface area contributed by atoms with E-state index < -0.39 is 0 Å². The minimum absolute atomic E-state index is 0.389. The van der Waals surface area contributed by atoms with E-state index in [2.05, 4.69) is 41.9 Å². The summed E-state index contributed by atoms with van der Waals surface area (Å²) in [5.41, 5.74) is 1.35. The SMILES string of the molecule is CCn1cc(CN2CCC(CCN3C[C@@H](C)O[C@H](C)C3)CC2)cn1. The molecule has 5 nitrogen and oxygen atoms in total. The fourth-order valence-electron chi connectivity index (χ4n) is 4.18. The molecule has 0 aliphatic carbocycles. The van der Waals surface area contributed by atoms with Gasteiger partial charge in [-0.05, 0) is 65.6 Å². The molecule has 3 rings (SSSR count). The van der Waals surface area contributed by atoms with Gasteiger partial charge in [-0.1, -0.05) is 0 Å². The molecule has 0 spiro atoms. The molecule has 0 saturated carbocycles.